The second-order valence-corrected chi connectivity index (χ2v) is 7.89. The van der Waals surface area contributed by atoms with Crippen molar-refractivity contribution in [1.29, 1.82) is 0 Å². The first kappa shape index (κ1) is 19.9. The summed E-state index contributed by atoms with van der Waals surface area (Å²) in [6.45, 7) is 1.55. The molecule has 0 radical (unpaired) electrons. The molecule has 2 heterocycles. The number of esters is 1. The molecule has 1 amide bonds. The molecule has 0 aliphatic carbocycles. The summed E-state index contributed by atoms with van der Waals surface area (Å²) in [5.74, 6) is -0.511. The molecule has 1 aromatic heterocycles. The van der Waals surface area contributed by atoms with Gasteiger partial charge in [-0.25, -0.2) is 0 Å². The maximum absolute atomic E-state index is 12.1. The molecule has 1 saturated heterocycles. The lowest BCUT2D eigenvalue weighted by molar-refractivity contribution is -0.141. The molecule has 7 nitrogen and oxygen atoms in total. The van der Waals surface area contributed by atoms with Gasteiger partial charge in [0.05, 0.1) is 23.8 Å². The van der Waals surface area contributed by atoms with Gasteiger partial charge in [0.15, 0.2) is 5.17 Å². The third-order valence-corrected chi connectivity index (χ3v) is 5.75. The van der Waals surface area contributed by atoms with Crippen LogP contribution in [0.4, 0.5) is 0 Å². The van der Waals surface area contributed by atoms with Crippen molar-refractivity contribution in [1.82, 2.24) is 10.3 Å². The summed E-state index contributed by atoms with van der Waals surface area (Å²) in [5.41, 5.74) is 3.96. The number of carbonyl (C=O) groups is 2. The maximum atomic E-state index is 12.1. The van der Waals surface area contributed by atoms with Gasteiger partial charge in [0.1, 0.15) is 0 Å². The summed E-state index contributed by atoms with van der Waals surface area (Å²) in [7, 11) is 0. The van der Waals surface area contributed by atoms with Gasteiger partial charge in [-0.1, -0.05) is 60.3 Å². The molecule has 2 N–H and O–H groups in total. The van der Waals surface area contributed by atoms with Crippen LogP contribution in [0, 0.1) is 0 Å². The molecule has 0 unspecified atom stereocenters. The number of ether oxygens (including phenoxy) is 1. The highest BCUT2D eigenvalue weighted by Crippen LogP contribution is 2.29. The number of amides is 1. The second-order valence-electron chi connectivity index (χ2n) is 6.70. The van der Waals surface area contributed by atoms with E-state index in [1.54, 1.807) is 6.21 Å². The van der Waals surface area contributed by atoms with Gasteiger partial charge in [0.2, 0.25) is 5.91 Å². The van der Waals surface area contributed by atoms with E-state index in [-0.39, 0.29) is 23.7 Å². The van der Waals surface area contributed by atoms with Gasteiger partial charge in [-0.05, 0) is 11.6 Å². The zero-order valence-corrected chi connectivity index (χ0v) is 17.1. The molecule has 2 aromatic carbocycles. The highest BCUT2D eigenvalue weighted by Gasteiger charge is 2.30. The minimum absolute atomic E-state index is 0.154. The Morgan fingerprint density at radius 2 is 1.93 bits per heavy atom. The van der Waals surface area contributed by atoms with E-state index < -0.39 is 0 Å². The maximum Gasteiger partial charge on any atom is 0.302 e. The molecule has 0 saturated carbocycles. The van der Waals surface area contributed by atoms with E-state index in [4.69, 9.17) is 4.74 Å². The SMILES string of the molecule is CC(=O)OCC[C@@H]1S/C(=N\N=C/c2c(-c3ccccc3)[nH]c3ccccc23)NC1=O. The number of benzene rings is 2. The summed E-state index contributed by atoms with van der Waals surface area (Å²) in [4.78, 5) is 26.4. The van der Waals surface area contributed by atoms with Gasteiger partial charge in [0, 0.05) is 29.8 Å². The number of aromatic nitrogens is 1. The Balaban J connectivity index is 1.54. The number of nitrogens with zero attached hydrogens (tertiary/aromatic N) is 2. The van der Waals surface area contributed by atoms with Crippen LogP contribution in [0.1, 0.15) is 18.9 Å². The molecule has 1 atom stereocenters. The van der Waals surface area contributed by atoms with E-state index in [9.17, 15) is 9.59 Å². The highest BCUT2D eigenvalue weighted by molar-refractivity contribution is 8.15. The van der Waals surface area contributed by atoms with Crippen molar-refractivity contribution in [3.63, 3.8) is 0 Å². The summed E-state index contributed by atoms with van der Waals surface area (Å²) in [6, 6.07) is 18.0. The van der Waals surface area contributed by atoms with Gasteiger partial charge < -0.3 is 15.0 Å². The summed E-state index contributed by atoms with van der Waals surface area (Å²) in [6.07, 6.45) is 2.13. The van der Waals surface area contributed by atoms with Crippen LogP contribution in [0.3, 0.4) is 0 Å². The Morgan fingerprint density at radius 1 is 1.17 bits per heavy atom. The molecule has 1 aliphatic rings. The van der Waals surface area contributed by atoms with Crippen molar-refractivity contribution in [2.24, 2.45) is 10.2 Å². The number of H-pyrrole nitrogens is 1. The number of hydrogen-bond donors (Lipinski definition) is 2. The van der Waals surface area contributed by atoms with Crippen molar-refractivity contribution < 1.29 is 14.3 Å². The average molecular weight is 420 g/mol. The minimum Gasteiger partial charge on any atom is -0.466 e. The van der Waals surface area contributed by atoms with Crippen molar-refractivity contribution in [2.75, 3.05) is 6.61 Å². The number of nitrogens with one attached hydrogen (secondary N) is 2. The number of fused-ring (bicyclic) bond motifs is 1. The van der Waals surface area contributed by atoms with Gasteiger partial charge in [-0.15, -0.1) is 5.10 Å². The molecule has 1 aliphatic heterocycles. The minimum atomic E-state index is -0.357. The zero-order valence-electron chi connectivity index (χ0n) is 16.3. The Labute approximate surface area is 177 Å². The number of rotatable bonds is 6. The monoisotopic (exact) mass is 420 g/mol. The van der Waals surface area contributed by atoms with Gasteiger partial charge in [0.25, 0.3) is 0 Å². The first-order valence-corrected chi connectivity index (χ1v) is 10.4. The number of carbonyl (C=O) groups excluding carboxylic acids is 2. The fourth-order valence-electron chi connectivity index (χ4n) is 3.22. The standard InChI is InChI=1S/C22H20N4O3S/c1-14(27)29-12-11-19-21(28)25-22(30-19)26-23-13-17-16-9-5-6-10-18(16)24-20(17)15-7-3-2-4-8-15/h2-10,13,19,24H,11-12H2,1H3,(H,25,26,28)/b23-13-/t19-/m0/s1. The number of thioether (sulfide) groups is 1. The van der Waals surface area contributed by atoms with E-state index in [0.29, 0.717) is 11.6 Å². The molecule has 152 valence electrons. The molecular weight excluding hydrogens is 400 g/mol. The third kappa shape index (κ3) is 4.44. The first-order valence-electron chi connectivity index (χ1n) is 9.50. The highest BCUT2D eigenvalue weighted by atomic mass is 32.2. The van der Waals surface area contributed by atoms with Crippen LogP contribution in [-0.2, 0) is 14.3 Å². The van der Waals surface area contributed by atoms with Gasteiger partial charge >= 0.3 is 5.97 Å². The summed E-state index contributed by atoms with van der Waals surface area (Å²) < 4.78 is 4.91. The van der Waals surface area contributed by atoms with Crippen LogP contribution < -0.4 is 5.32 Å². The molecule has 4 rings (SSSR count). The summed E-state index contributed by atoms with van der Waals surface area (Å²) >= 11 is 1.29. The van der Waals surface area contributed by atoms with Crippen LogP contribution in [0.2, 0.25) is 0 Å². The van der Waals surface area contributed by atoms with Crippen molar-refractivity contribution in [3.05, 3.63) is 60.2 Å². The van der Waals surface area contributed by atoms with E-state index in [1.807, 2.05) is 54.6 Å². The van der Waals surface area contributed by atoms with Crippen molar-refractivity contribution in [2.45, 2.75) is 18.6 Å². The number of hydrogen-bond acceptors (Lipinski definition) is 6. The van der Waals surface area contributed by atoms with E-state index >= 15 is 0 Å². The lowest BCUT2D eigenvalue weighted by Crippen LogP contribution is -2.25. The average Bonchev–Trinajstić information content (AvgIpc) is 3.29. The molecule has 8 heteroatoms. The Morgan fingerprint density at radius 3 is 2.73 bits per heavy atom. The predicted molar refractivity (Wildman–Crippen MR) is 120 cm³/mol. The topological polar surface area (TPSA) is 95.9 Å². The van der Waals surface area contributed by atoms with Gasteiger partial charge in [-0.2, -0.15) is 5.10 Å². The number of amidine groups is 1. The predicted octanol–water partition coefficient (Wildman–Crippen LogP) is 3.71. The number of aromatic amines is 1. The number of para-hydroxylation sites is 1. The quantitative estimate of drug-likeness (QED) is 0.361. The van der Waals surface area contributed by atoms with E-state index in [0.717, 1.165) is 27.7 Å². The Bertz CT molecular complexity index is 1140. The lowest BCUT2D eigenvalue weighted by atomic mass is 10.1. The molecule has 0 bridgehead atoms. The molecular formula is C22H20N4O3S. The third-order valence-electron chi connectivity index (χ3n) is 4.61. The zero-order chi connectivity index (χ0) is 20.9. The fraction of sp³-hybridized carbons (Fsp3) is 0.182. The van der Waals surface area contributed by atoms with Crippen LogP contribution in [0.25, 0.3) is 22.2 Å². The molecule has 0 spiro atoms. The van der Waals surface area contributed by atoms with Crippen molar-refractivity contribution >= 4 is 45.9 Å². The summed E-state index contributed by atoms with van der Waals surface area (Å²) in [5, 5.41) is 12.3. The Hall–Kier alpha value is -3.39. The molecule has 30 heavy (non-hydrogen) atoms. The van der Waals surface area contributed by atoms with E-state index in [2.05, 4.69) is 20.5 Å². The van der Waals surface area contributed by atoms with Crippen LogP contribution in [-0.4, -0.2) is 40.1 Å². The van der Waals surface area contributed by atoms with Crippen molar-refractivity contribution in [3.8, 4) is 11.3 Å². The van der Waals surface area contributed by atoms with Gasteiger partial charge in [-0.3, -0.25) is 9.59 Å². The Kier molecular flexibility index (Phi) is 5.94. The molecule has 1 fully saturated rings. The fourth-order valence-corrected chi connectivity index (χ4v) is 4.12. The van der Waals surface area contributed by atoms with E-state index in [1.165, 1.54) is 18.7 Å². The normalized spacial score (nSPS) is 17.7. The van der Waals surface area contributed by atoms with Crippen LogP contribution >= 0.6 is 11.8 Å². The lowest BCUT2D eigenvalue weighted by Gasteiger charge is -2.04. The first-order chi connectivity index (χ1) is 14.6. The second kappa shape index (κ2) is 8.96. The smallest absolute Gasteiger partial charge is 0.302 e. The van der Waals surface area contributed by atoms with Crippen LogP contribution in [0.5, 0.6) is 0 Å². The van der Waals surface area contributed by atoms with Crippen LogP contribution in [0.15, 0.2) is 64.8 Å². The molecule has 3 aromatic rings. The largest absolute Gasteiger partial charge is 0.466 e.